The fourth-order valence-corrected chi connectivity index (χ4v) is 5.05. The third-order valence-corrected chi connectivity index (χ3v) is 6.71. The second-order valence-corrected chi connectivity index (χ2v) is 9.36. The number of carbonyl (C=O) groups excluding carboxylic acids is 3. The van der Waals surface area contributed by atoms with Gasteiger partial charge in [-0.1, -0.05) is 33.8 Å². The van der Waals surface area contributed by atoms with Crippen molar-refractivity contribution in [3.8, 4) is 0 Å². The van der Waals surface area contributed by atoms with Crippen molar-refractivity contribution in [3.63, 3.8) is 0 Å². The van der Waals surface area contributed by atoms with Crippen LogP contribution < -0.4 is 5.32 Å². The van der Waals surface area contributed by atoms with Crippen LogP contribution in [-0.4, -0.2) is 45.9 Å². The molecule has 0 saturated carbocycles. The molecule has 2 aromatic rings. The van der Waals surface area contributed by atoms with Crippen molar-refractivity contribution in [2.75, 3.05) is 12.9 Å². The van der Waals surface area contributed by atoms with Crippen LogP contribution in [0, 0.1) is 5.92 Å². The van der Waals surface area contributed by atoms with Crippen LogP contribution >= 0.6 is 27.7 Å². The molecule has 1 aliphatic carbocycles. The number of benzene rings is 1. The number of ether oxygens (including phenoxy) is 1. The van der Waals surface area contributed by atoms with Crippen molar-refractivity contribution < 1.29 is 19.1 Å². The average Bonchev–Trinajstić information content (AvgIpc) is 3.36. The standard InChI is InChI=1S/C21H24BrN3O4S/c1-12(26)30-10-18(17-5-3-13-7-14(22)4-6-16(13)17)20(27)25-19(21(28)29-2)8-15-9-23-11-24-15/h4,6-7,9,11,17-19H,3,5,8,10H2,1-2H3,(H,23,24)(H,25,27). The zero-order chi connectivity index (χ0) is 21.7. The predicted octanol–water partition coefficient (Wildman–Crippen LogP) is 3.00. The number of amides is 1. The van der Waals surface area contributed by atoms with Gasteiger partial charge in [0.15, 0.2) is 5.12 Å². The molecule has 3 rings (SSSR count). The Kier molecular flexibility index (Phi) is 7.71. The summed E-state index contributed by atoms with van der Waals surface area (Å²) in [6, 6.07) is 5.24. The lowest BCUT2D eigenvalue weighted by molar-refractivity contribution is -0.145. The van der Waals surface area contributed by atoms with Crippen LogP contribution in [0.15, 0.2) is 35.2 Å². The number of nitrogens with one attached hydrogen (secondary N) is 2. The third kappa shape index (κ3) is 5.51. The summed E-state index contributed by atoms with van der Waals surface area (Å²) < 4.78 is 5.88. The van der Waals surface area contributed by atoms with Gasteiger partial charge in [-0.25, -0.2) is 9.78 Å². The molecule has 3 atom stereocenters. The number of methoxy groups -OCH3 is 1. The number of aromatic amines is 1. The van der Waals surface area contributed by atoms with Gasteiger partial charge in [-0.05, 0) is 42.0 Å². The number of nitrogens with zero attached hydrogens (tertiary/aromatic N) is 1. The molecule has 1 amide bonds. The molecule has 0 radical (unpaired) electrons. The smallest absolute Gasteiger partial charge is 0.328 e. The van der Waals surface area contributed by atoms with E-state index in [9.17, 15) is 14.4 Å². The van der Waals surface area contributed by atoms with Crippen molar-refractivity contribution in [3.05, 3.63) is 52.0 Å². The van der Waals surface area contributed by atoms with E-state index in [2.05, 4.69) is 37.3 Å². The van der Waals surface area contributed by atoms with Crippen molar-refractivity contribution in [1.29, 1.82) is 0 Å². The van der Waals surface area contributed by atoms with Gasteiger partial charge in [0.2, 0.25) is 5.91 Å². The van der Waals surface area contributed by atoms with Gasteiger partial charge in [0, 0.05) is 29.8 Å². The van der Waals surface area contributed by atoms with E-state index in [-0.39, 0.29) is 23.4 Å². The number of halogens is 1. The largest absolute Gasteiger partial charge is 0.467 e. The van der Waals surface area contributed by atoms with Crippen LogP contribution in [0.4, 0.5) is 0 Å². The Morgan fingerprint density at radius 3 is 2.87 bits per heavy atom. The maximum Gasteiger partial charge on any atom is 0.328 e. The molecule has 160 valence electrons. The molecule has 0 fully saturated rings. The van der Waals surface area contributed by atoms with Crippen molar-refractivity contribution in [1.82, 2.24) is 15.3 Å². The number of esters is 1. The summed E-state index contributed by atoms with van der Waals surface area (Å²) in [5.41, 5.74) is 2.99. The topological polar surface area (TPSA) is 101 Å². The van der Waals surface area contributed by atoms with Crippen molar-refractivity contribution in [2.24, 2.45) is 5.92 Å². The van der Waals surface area contributed by atoms with Crippen molar-refractivity contribution in [2.45, 2.75) is 38.1 Å². The first kappa shape index (κ1) is 22.6. The summed E-state index contributed by atoms with van der Waals surface area (Å²) in [5.74, 6) is -0.871. The monoisotopic (exact) mass is 493 g/mol. The van der Waals surface area contributed by atoms with Crippen LogP contribution in [0.1, 0.15) is 36.1 Å². The number of rotatable bonds is 8. The van der Waals surface area contributed by atoms with Gasteiger partial charge < -0.3 is 15.0 Å². The first-order valence-corrected chi connectivity index (χ1v) is 11.4. The SMILES string of the molecule is COC(=O)C(Cc1c[nH]cn1)NC(=O)C(CSC(C)=O)C1CCc2cc(Br)ccc21. The molecule has 0 saturated heterocycles. The molecule has 1 heterocycles. The molecule has 2 N–H and O–H groups in total. The molecule has 0 spiro atoms. The summed E-state index contributed by atoms with van der Waals surface area (Å²) in [4.78, 5) is 44.2. The van der Waals surface area contributed by atoms with Crippen molar-refractivity contribution >= 4 is 44.7 Å². The zero-order valence-electron chi connectivity index (χ0n) is 16.8. The summed E-state index contributed by atoms with van der Waals surface area (Å²) >= 11 is 4.63. The highest BCUT2D eigenvalue weighted by Gasteiger charge is 2.36. The highest BCUT2D eigenvalue weighted by molar-refractivity contribution is 9.10. The highest BCUT2D eigenvalue weighted by atomic mass is 79.9. The number of fused-ring (bicyclic) bond motifs is 1. The lowest BCUT2D eigenvalue weighted by atomic mass is 9.87. The number of aryl methyl sites for hydroxylation is 1. The van der Waals surface area contributed by atoms with Crippen LogP contribution in [0.3, 0.4) is 0 Å². The molecule has 1 aromatic carbocycles. The summed E-state index contributed by atoms with van der Waals surface area (Å²) in [7, 11) is 1.29. The van der Waals surface area contributed by atoms with E-state index in [1.165, 1.54) is 25.9 Å². The van der Waals surface area contributed by atoms with E-state index in [1.807, 2.05) is 12.1 Å². The van der Waals surface area contributed by atoms with Crippen LogP contribution in [0.25, 0.3) is 0 Å². The highest BCUT2D eigenvalue weighted by Crippen LogP contribution is 2.41. The molecular weight excluding hydrogens is 470 g/mol. The van der Waals surface area contributed by atoms with E-state index in [0.29, 0.717) is 11.4 Å². The van der Waals surface area contributed by atoms with Crippen LogP contribution in [0.2, 0.25) is 0 Å². The molecular formula is C21H24BrN3O4S. The Morgan fingerprint density at radius 2 is 2.20 bits per heavy atom. The van der Waals surface area contributed by atoms with Gasteiger partial charge in [-0.15, -0.1) is 0 Å². The quantitative estimate of drug-likeness (QED) is 0.548. The average molecular weight is 494 g/mol. The number of aromatic nitrogens is 2. The maximum absolute atomic E-state index is 13.3. The second kappa shape index (κ2) is 10.3. The normalized spacial score (nSPS) is 17.1. The van der Waals surface area contributed by atoms with Gasteiger partial charge in [0.05, 0.1) is 25.0 Å². The zero-order valence-corrected chi connectivity index (χ0v) is 19.2. The van der Waals surface area contributed by atoms with Gasteiger partial charge in [0.25, 0.3) is 0 Å². The molecule has 1 aliphatic rings. The fraction of sp³-hybridized carbons (Fsp3) is 0.429. The maximum atomic E-state index is 13.3. The minimum atomic E-state index is -0.846. The number of hydrogen-bond acceptors (Lipinski definition) is 6. The summed E-state index contributed by atoms with van der Waals surface area (Å²) in [5, 5.41) is 2.81. The molecule has 3 unspecified atom stereocenters. The van der Waals surface area contributed by atoms with E-state index >= 15 is 0 Å². The second-order valence-electron chi connectivity index (χ2n) is 7.25. The van der Waals surface area contributed by atoms with Crippen LogP contribution in [-0.2, 0) is 32.0 Å². The molecule has 0 aliphatic heterocycles. The van der Waals surface area contributed by atoms with Gasteiger partial charge in [-0.2, -0.15) is 0 Å². The summed E-state index contributed by atoms with van der Waals surface area (Å²) in [6.45, 7) is 1.49. The molecule has 7 nitrogen and oxygen atoms in total. The van der Waals surface area contributed by atoms with E-state index in [0.717, 1.165) is 34.6 Å². The van der Waals surface area contributed by atoms with Gasteiger partial charge in [-0.3, -0.25) is 9.59 Å². The Hall–Kier alpha value is -2.13. The lowest BCUT2D eigenvalue weighted by Gasteiger charge is -2.25. The number of imidazole rings is 1. The predicted molar refractivity (Wildman–Crippen MR) is 118 cm³/mol. The first-order chi connectivity index (χ1) is 14.4. The van der Waals surface area contributed by atoms with Gasteiger partial charge >= 0.3 is 5.97 Å². The lowest BCUT2D eigenvalue weighted by Crippen LogP contribution is -2.47. The minimum absolute atomic E-state index is 0.0105. The van der Waals surface area contributed by atoms with E-state index < -0.39 is 17.9 Å². The molecule has 30 heavy (non-hydrogen) atoms. The Balaban J connectivity index is 1.81. The Labute approximate surface area is 187 Å². The number of thioether (sulfide) groups is 1. The molecule has 1 aromatic heterocycles. The van der Waals surface area contributed by atoms with E-state index in [4.69, 9.17) is 4.74 Å². The van der Waals surface area contributed by atoms with Crippen LogP contribution in [0.5, 0.6) is 0 Å². The molecule has 0 bridgehead atoms. The Bertz CT molecular complexity index is 919. The number of hydrogen-bond donors (Lipinski definition) is 2. The van der Waals surface area contributed by atoms with Gasteiger partial charge in [0.1, 0.15) is 6.04 Å². The fourth-order valence-electron chi connectivity index (χ4n) is 3.84. The third-order valence-electron chi connectivity index (χ3n) is 5.29. The summed E-state index contributed by atoms with van der Waals surface area (Å²) in [6.07, 6.45) is 5.12. The Morgan fingerprint density at radius 1 is 1.40 bits per heavy atom. The van der Waals surface area contributed by atoms with E-state index in [1.54, 1.807) is 6.20 Å². The minimum Gasteiger partial charge on any atom is -0.467 e. The molecule has 9 heteroatoms. The number of H-pyrrole nitrogens is 1. The first-order valence-electron chi connectivity index (χ1n) is 9.66. The number of carbonyl (C=O) groups is 3.